The van der Waals surface area contributed by atoms with E-state index in [4.69, 9.17) is 14.2 Å². The fourth-order valence-electron chi connectivity index (χ4n) is 8.46. The van der Waals surface area contributed by atoms with E-state index in [9.17, 15) is 14.4 Å². The summed E-state index contributed by atoms with van der Waals surface area (Å²) in [5.74, 6) is -0.987. The van der Waals surface area contributed by atoms with Gasteiger partial charge in [-0.05, 0) is 161 Å². The van der Waals surface area contributed by atoms with E-state index in [-0.39, 0.29) is 37.5 Å². The van der Waals surface area contributed by atoms with Crippen LogP contribution in [0.3, 0.4) is 0 Å². The maximum atomic E-state index is 12.9. The van der Waals surface area contributed by atoms with Gasteiger partial charge in [0.1, 0.15) is 13.2 Å². The molecule has 0 aliphatic rings. The molecule has 0 bridgehead atoms. The van der Waals surface area contributed by atoms with Crippen molar-refractivity contribution in [1.82, 2.24) is 0 Å². The Labute approximate surface area is 510 Å². The summed E-state index contributed by atoms with van der Waals surface area (Å²) in [6.45, 7) is 6.32. The Kier molecular flexibility index (Phi) is 64.4. The Balaban J connectivity index is 4.52. The SMILES string of the molecule is CC/C=C\C/C=C\C/C=C\C/C=C\C/C=C\C/C=C\C/C=C\C/C=C\CCCCC(=O)OCC(COC(=O)CCCCCCC/C=C\C/C=C\CCCCC)OC(=O)CCCCCCCCC/C=C\C/C=C\C/C=C\C/C=C\C/C=C\CC. The van der Waals surface area contributed by atoms with Crippen molar-refractivity contribution < 1.29 is 28.6 Å². The molecule has 0 spiro atoms. The average molecular weight is 1140 g/mol. The second-order valence-electron chi connectivity index (χ2n) is 21.3. The van der Waals surface area contributed by atoms with E-state index in [2.05, 4.69) is 203 Å². The summed E-state index contributed by atoms with van der Waals surface area (Å²) in [7, 11) is 0. The molecule has 0 rings (SSSR count). The van der Waals surface area contributed by atoms with E-state index in [0.717, 1.165) is 173 Å². The van der Waals surface area contributed by atoms with Crippen molar-refractivity contribution in [1.29, 1.82) is 0 Å². The molecule has 464 valence electrons. The molecule has 0 radical (unpaired) electrons. The number of ether oxygens (including phenoxy) is 3. The van der Waals surface area contributed by atoms with E-state index in [1.54, 1.807) is 0 Å². The molecular formula is C77H120O6. The van der Waals surface area contributed by atoms with E-state index in [1.165, 1.54) is 44.9 Å². The molecule has 6 heteroatoms. The molecule has 0 aromatic rings. The van der Waals surface area contributed by atoms with Crippen LogP contribution >= 0.6 is 0 Å². The zero-order valence-corrected chi connectivity index (χ0v) is 53.1. The van der Waals surface area contributed by atoms with Crippen molar-refractivity contribution in [3.05, 3.63) is 182 Å². The van der Waals surface area contributed by atoms with Crippen LogP contribution in [0.1, 0.15) is 265 Å². The Morgan fingerprint density at radius 1 is 0.253 bits per heavy atom. The molecule has 0 aromatic carbocycles. The summed E-state index contributed by atoms with van der Waals surface area (Å²) in [6.07, 6.45) is 103. The highest BCUT2D eigenvalue weighted by molar-refractivity contribution is 5.71. The Morgan fingerprint density at radius 3 is 0.759 bits per heavy atom. The molecular weight excluding hydrogens is 1020 g/mol. The van der Waals surface area contributed by atoms with Crippen LogP contribution in [0.2, 0.25) is 0 Å². The van der Waals surface area contributed by atoms with Gasteiger partial charge < -0.3 is 14.2 Å². The lowest BCUT2D eigenvalue weighted by Crippen LogP contribution is -2.30. The van der Waals surface area contributed by atoms with Gasteiger partial charge in [-0.1, -0.05) is 267 Å². The molecule has 0 amide bonds. The zero-order valence-electron chi connectivity index (χ0n) is 53.1. The van der Waals surface area contributed by atoms with Gasteiger partial charge in [0, 0.05) is 19.3 Å². The first kappa shape index (κ1) is 77.5. The van der Waals surface area contributed by atoms with Gasteiger partial charge in [-0.2, -0.15) is 0 Å². The second-order valence-corrected chi connectivity index (χ2v) is 21.3. The monoisotopic (exact) mass is 1140 g/mol. The van der Waals surface area contributed by atoms with Crippen LogP contribution in [-0.2, 0) is 28.6 Å². The van der Waals surface area contributed by atoms with Crippen molar-refractivity contribution in [2.24, 2.45) is 0 Å². The van der Waals surface area contributed by atoms with Crippen molar-refractivity contribution in [3.63, 3.8) is 0 Å². The summed E-state index contributed by atoms with van der Waals surface area (Å²) in [4.78, 5) is 38.4. The minimum Gasteiger partial charge on any atom is -0.462 e. The van der Waals surface area contributed by atoms with Crippen LogP contribution in [0.4, 0.5) is 0 Å². The smallest absolute Gasteiger partial charge is 0.306 e. The normalized spacial score (nSPS) is 13.3. The van der Waals surface area contributed by atoms with Gasteiger partial charge >= 0.3 is 17.9 Å². The number of rotatable bonds is 58. The van der Waals surface area contributed by atoms with Crippen LogP contribution in [-0.4, -0.2) is 37.2 Å². The van der Waals surface area contributed by atoms with Crippen molar-refractivity contribution in [3.8, 4) is 0 Å². The summed E-state index contributed by atoms with van der Waals surface area (Å²) in [5, 5.41) is 0. The molecule has 0 N–H and O–H groups in total. The highest BCUT2D eigenvalue weighted by atomic mass is 16.6. The lowest BCUT2D eigenvalue weighted by atomic mass is 10.1. The summed E-state index contributed by atoms with van der Waals surface area (Å²) in [5.41, 5.74) is 0. The molecule has 1 atom stereocenters. The first-order chi connectivity index (χ1) is 41.0. The molecule has 83 heavy (non-hydrogen) atoms. The number of carbonyl (C=O) groups is 3. The number of allylic oxidation sites excluding steroid dienone is 30. The lowest BCUT2D eigenvalue weighted by molar-refractivity contribution is -0.167. The molecule has 1 unspecified atom stereocenters. The predicted molar refractivity (Wildman–Crippen MR) is 361 cm³/mol. The highest BCUT2D eigenvalue weighted by Crippen LogP contribution is 2.14. The Bertz CT molecular complexity index is 1940. The molecule has 0 saturated heterocycles. The maximum Gasteiger partial charge on any atom is 0.306 e. The molecule has 0 aromatic heterocycles. The fraction of sp³-hybridized carbons (Fsp3) is 0.571. The Morgan fingerprint density at radius 2 is 0.470 bits per heavy atom. The number of unbranched alkanes of at least 4 members (excludes halogenated alkanes) is 17. The number of esters is 3. The maximum absolute atomic E-state index is 12.9. The van der Waals surface area contributed by atoms with E-state index < -0.39 is 6.10 Å². The minimum absolute atomic E-state index is 0.113. The molecule has 0 heterocycles. The van der Waals surface area contributed by atoms with Gasteiger partial charge in [0.05, 0.1) is 0 Å². The predicted octanol–water partition coefficient (Wildman–Crippen LogP) is 23.2. The van der Waals surface area contributed by atoms with Gasteiger partial charge in [0.2, 0.25) is 0 Å². The Hall–Kier alpha value is -5.49. The molecule has 0 aliphatic heterocycles. The van der Waals surface area contributed by atoms with Crippen LogP contribution in [0.15, 0.2) is 182 Å². The topological polar surface area (TPSA) is 78.9 Å². The minimum atomic E-state index is -0.821. The van der Waals surface area contributed by atoms with Crippen molar-refractivity contribution >= 4 is 17.9 Å². The van der Waals surface area contributed by atoms with Crippen LogP contribution in [0, 0.1) is 0 Å². The van der Waals surface area contributed by atoms with Crippen LogP contribution in [0.5, 0.6) is 0 Å². The number of hydrogen-bond acceptors (Lipinski definition) is 6. The fourth-order valence-corrected chi connectivity index (χ4v) is 8.46. The quantitative estimate of drug-likeness (QED) is 0.0261. The number of hydrogen-bond donors (Lipinski definition) is 0. The van der Waals surface area contributed by atoms with Gasteiger partial charge in [0.15, 0.2) is 6.10 Å². The molecule has 0 saturated carbocycles. The van der Waals surface area contributed by atoms with Gasteiger partial charge in [-0.25, -0.2) is 0 Å². The first-order valence-electron chi connectivity index (χ1n) is 33.3. The van der Waals surface area contributed by atoms with Crippen molar-refractivity contribution in [2.75, 3.05) is 13.2 Å². The third kappa shape index (κ3) is 67.2. The molecule has 0 aliphatic carbocycles. The molecule has 6 nitrogen and oxygen atoms in total. The van der Waals surface area contributed by atoms with Gasteiger partial charge in [0.25, 0.3) is 0 Å². The third-order valence-electron chi connectivity index (χ3n) is 13.4. The standard InChI is InChI=1S/C77H120O6/c1-4-7-10-13-16-19-22-25-28-30-32-34-36-37-38-39-41-42-44-46-49-52-55-58-61-64-67-70-76(79)82-73-74(72-81-75(78)69-66-63-60-57-54-51-48-27-24-21-18-15-12-9-6-3)83-77(80)71-68-65-62-59-56-53-50-47-45-43-40-35-33-31-29-26-23-20-17-14-11-8-5-2/h7-8,10-11,16-21,25-29,32-35,37-38,41-43,45-46,48-49,55,58,74H,4-6,9,12-15,22-24,30-31,36,39-40,44,47,50-54,56-57,59-73H2,1-3H3/b10-7-,11-8-,19-16-,20-17-,21-18-,28-25-,29-26-,34-32-,35-33-,38-37-,42-41-,45-43-,48-27-,49-46-,58-55-. The first-order valence-corrected chi connectivity index (χ1v) is 33.3. The van der Waals surface area contributed by atoms with Crippen LogP contribution < -0.4 is 0 Å². The zero-order chi connectivity index (χ0) is 59.9. The van der Waals surface area contributed by atoms with Crippen LogP contribution in [0.25, 0.3) is 0 Å². The average Bonchev–Trinajstić information content (AvgIpc) is 3.49. The van der Waals surface area contributed by atoms with Gasteiger partial charge in [-0.15, -0.1) is 0 Å². The summed E-state index contributed by atoms with van der Waals surface area (Å²) >= 11 is 0. The van der Waals surface area contributed by atoms with Crippen molar-refractivity contribution in [2.45, 2.75) is 271 Å². The number of carbonyl (C=O) groups excluding carboxylic acids is 3. The van der Waals surface area contributed by atoms with Gasteiger partial charge in [-0.3, -0.25) is 14.4 Å². The largest absolute Gasteiger partial charge is 0.462 e. The molecule has 0 fully saturated rings. The van der Waals surface area contributed by atoms with E-state index >= 15 is 0 Å². The van der Waals surface area contributed by atoms with E-state index in [1.807, 2.05) is 0 Å². The summed E-state index contributed by atoms with van der Waals surface area (Å²) < 4.78 is 16.9. The third-order valence-corrected chi connectivity index (χ3v) is 13.4. The highest BCUT2D eigenvalue weighted by Gasteiger charge is 2.19. The second kappa shape index (κ2) is 69.0. The lowest BCUT2D eigenvalue weighted by Gasteiger charge is -2.18. The summed E-state index contributed by atoms with van der Waals surface area (Å²) in [6, 6.07) is 0. The van der Waals surface area contributed by atoms with E-state index in [0.29, 0.717) is 19.3 Å².